The van der Waals surface area contributed by atoms with Crippen molar-refractivity contribution in [1.29, 1.82) is 0 Å². The van der Waals surface area contributed by atoms with E-state index >= 15 is 0 Å². The van der Waals surface area contributed by atoms with Gasteiger partial charge in [-0.25, -0.2) is 9.78 Å². The molecule has 3 aromatic carbocycles. The highest BCUT2D eigenvalue weighted by Gasteiger charge is 2.74. The fourth-order valence-electron chi connectivity index (χ4n) is 5.82. The number of ether oxygens (including phenoxy) is 2. The van der Waals surface area contributed by atoms with E-state index in [1.165, 1.54) is 26.2 Å². The lowest BCUT2D eigenvalue weighted by atomic mass is 9.69. The van der Waals surface area contributed by atoms with Crippen molar-refractivity contribution in [1.82, 2.24) is 0 Å². The average molecular weight is 613 g/mol. The number of halogens is 6. The van der Waals surface area contributed by atoms with Gasteiger partial charge in [0.25, 0.3) is 5.60 Å². The molecule has 0 radical (unpaired) electrons. The average Bonchev–Trinajstić information content (AvgIpc) is 2.94. The first kappa shape index (κ1) is 34.6. The van der Waals surface area contributed by atoms with Gasteiger partial charge in [0.2, 0.25) is 0 Å². The van der Waals surface area contributed by atoms with Crippen LogP contribution in [0.2, 0.25) is 0 Å². The molecule has 0 N–H and O–H groups in total. The molecule has 3 rings (SSSR count). The molecule has 0 unspecified atom stereocenters. The van der Waals surface area contributed by atoms with Crippen LogP contribution < -0.4 is 0 Å². The molecule has 43 heavy (non-hydrogen) atoms. The second-order valence-electron chi connectivity index (χ2n) is 10.5. The third-order valence-corrected chi connectivity index (χ3v) is 8.19. The fourth-order valence-corrected chi connectivity index (χ4v) is 5.82. The Morgan fingerprint density at radius 2 is 1.26 bits per heavy atom. The molecule has 0 aromatic heterocycles. The van der Waals surface area contributed by atoms with Gasteiger partial charge in [0, 0.05) is 18.1 Å². The summed E-state index contributed by atoms with van der Waals surface area (Å²) in [7, 11) is 2.43. The standard InChI is InChI=1S/C33H38F6O4/c1-7-30(8-2,26-13-15-28(22(3)19-26)25-11-9-24(10-12-25)17-18-43-41-6)27-14-16-29(23(4)20-27)31(32(34,35)36,33(37,38)39)42-21-40-5/h9-16,19-20H,7-8,17-18,21H2,1-6H3. The molecule has 0 bridgehead atoms. The van der Waals surface area contributed by atoms with E-state index in [0.717, 1.165) is 41.0 Å². The van der Waals surface area contributed by atoms with Gasteiger partial charge >= 0.3 is 12.4 Å². The summed E-state index contributed by atoms with van der Waals surface area (Å²) < 4.78 is 94.1. The van der Waals surface area contributed by atoms with Crippen LogP contribution in [0.1, 0.15) is 60.1 Å². The van der Waals surface area contributed by atoms with Crippen molar-refractivity contribution in [2.45, 2.75) is 70.3 Å². The first-order valence-electron chi connectivity index (χ1n) is 14.0. The highest BCUT2D eigenvalue weighted by atomic mass is 19.4. The Morgan fingerprint density at radius 3 is 1.72 bits per heavy atom. The van der Waals surface area contributed by atoms with Gasteiger partial charge in [0.1, 0.15) is 6.79 Å². The largest absolute Gasteiger partial charge is 0.430 e. The monoisotopic (exact) mass is 612 g/mol. The van der Waals surface area contributed by atoms with Crippen molar-refractivity contribution in [3.05, 3.63) is 94.0 Å². The van der Waals surface area contributed by atoms with Gasteiger partial charge in [-0.15, -0.1) is 0 Å². The topological polar surface area (TPSA) is 36.9 Å². The van der Waals surface area contributed by atoms with Crippen LogP contribution in [0.3, 0.4) is 0 Å². The van der Waals surface area contributed by atoms with Gasteiger partial charge in [-0.2, -0.15) is 26.3 Å². The Kier molecular flexibility index (Phi) is 11.1. The Morgan fingerprint density at radius 1 is 0.698 bits per heavy atom. The summed E-state index contributed by atoms with van der Waals surface area (Å²) in [4.78, 5) is 9.57. The molecule has 0 heterocycles. The number of alkyl halides is 6. The minimum absolute atomic E-state index is 0.182. The molecule has 0 saturated carbocycles. The molecule has 10 heteroatoms. The number of aryl methyl sites for hydroxylation is 2. The van der Waals surface area contributed by atoms with Crippen molar-refractivity contribution >= 4 is 0 Å². The van der Waals surface area contributed by atoms with Crippen LogP contribution in [-0.4, -0.2) is 40.0 Å². The molecule has 236 valence electrons. The number of hydrogen-bond acceptors (Lipinski definition) is 4. The smallest absolute Gasteiger partial charge is 0.359 e. The lowest BCUT2D eigenvalue weighted by Gasteiger charge is -2.39. The van der Waals surface area contributed by atoms with E-state index in [0.29, 0.717) is 31.4 Å². The molecule has 0 atom stereocenters. The van der Waals surface area contributed by atoms with Crippen LogP contribution >= 0.6 is 0 Å². The predicted octanol–water partition coefficient (Wildman–Crippen LogP) is 9.14. The summed E-state index contributed by atoms with van der Waals surface area (Å²) in [5.74, 6) is 0. The van der Waals surface area contributed by atoms with Gasteiger partial charge < -0.3 is 9.47 Å². The molecule has 0 spiro atoms. The zero-order valence-corrected chi connectivity index (χ0v) is 25.2. The summed E-state index contributed by atoms with van der Waals surface area (Å²) in [6, 6.07) is 17.8. The van der Waals surface area contributed by atoms with Gasteiger partial charge in [0.15, 0.2) is 0 Å². The van der Waals surface area contributed by atoms with Crippen molar-refractivity contribution in [3.8, 4) is 11.1 Å². The molecular weight excluding hydrogens is 574 g/mol. The van der Waals surface area contributed by atoms with Crippen LogP contribution in [0, 0.1) is 13.8 Å². The van der Waals surface area contributed by atoms with Crippen LogP contribution in [0.15, 0.2) is 60.7 Å². The van der Waals surface area contributed by atoms with Crippen molar-refractivity contribution in [2.75, 3.05) is 27.6 Å². The summed E-state index contributed by atoms with van der Waals surface area (Å²) in [6.45, 7) is 6.39. The third kappa shape index (κ3) is 6.77. The van der Waals surface area contributed by atoms with Crippen molar-refractivity contribution in [2.24, 2.45) is 0 Å². The Hall–Kier alpha value is -2.92. The first-order valence-corrected chi connectivity index (χ1v) is 14.0. The molecule has 0 amide bonds. The van der Waals surface area contributed by atoms with E-state index in [9.17, 15) is 26.3 Å². The maximum atomic E-state index is 14.2. The number of hydrogen-bond donors (Lipinski definition) is 0. The molecule has 4 nitrogen and oxygen atoms in total. The Balaban J connectivity index is 2.06. The van der Waals surface area contributed by atoms with E-state index in [-0.39, 0.29) is 5.56 Å². The van der Waals surface area contributed by atoms with Crippen LogP contribution in [-0.2, 0) is 36.7 Å². The number of benzene rings is 3. The molecule has 0 fully saturated rings. The summed E-state index contributed by atoms with van der Waals surface area (Å²) in [6.07, 6.45) is -9.73. The van der Waals surface area contributed by atoms with Crippen molar-refractivity contribution < 1.29 is 45.6 Å². The van der Waals surface area contributed by atoms with Crippen LogP contribution in [0.5, 0.6) is 0 Å². The summed E-state index contributed by atoms with van der Waals surface area (Å²) >= 11 is 0. The highest BCUT2D eigenvalue weighted by molar-refractivity contribution is 5.68. The predicted molar refractivity (Wildman–Crippen MR) is 153 cm³/mol. The first-order chi connectivity index (χ1) is 20.2. The van der Waals surface area contributed by atoms with Gasteiger partial charge in [-0.05, 0) is 72.1 Å². The number of rotatable bonds is 13. The SMILES string of the molecule is CCC(CC)(c1ccc(-c2ccc(CCOOC)cc2)c(C)c1)c1ccc(C(OCOC)(C(F)(F)F)C(F)(F)F)c(C)c1. The fraction of sp³-hybridized carbons (Fsp3) is 0.455. The van der Waals surface area contributed by atoms with E-state index in [2.05, 4.69) is 14.4 Å². The molecule has 0 aliphatic carbocycles. The quantitative estimate of drug-likeness (QED) is 0.0634. The molecule has 0 aliphatic rings. The molecule has 0 aliphatic heterocycles. The normalized spacial score (nSPS) is 13.0. The van der Waals surface area contributed by atoms with Gasteiger partial charge in [-0.1, -0.05) is 74.5 Å². The van der Waals surface area contributed by atoms with Crippen molar-refractivity contribution in [3.63, 3.8) is 0 Å². The van der Waals surface area contributed by atoms with Crippen LogP contribution in [0.25, 0.3) is 11.1 Å². The highest BCUT2D eigenvalue weighted by Crippen LogP contribution is 2.54. The minimum Gasteiger partial charge on any atom is -0.359 e. The second kappa shape index (κ2) is 13.8. The maximum absolute atomic E-state index is 14.2. The number of methoxy groups -OCH3 is 1. The molecule has 3 aromatic rings. The summed E-state index contributed by atoms with van der Waals surface area (Å²) in [5.41, 5.74) is -0.707. The van der Waals surface area contributed by atoms with Crippen LogP contribution in [0.4, 0.5) is 26.3 Å². The van der Waals surface area contributed by atoms with E-state index in [4.69, 9.17) is 4.89 Å². The van der Waals surface area contributed by atoms with Gasteiger partial charge in [0.05, 0.1) is 13.7 Å². The lowest BCUT2D eigenvalue weighted by Crippen LogP contribution is -2.56. The Bertz CT molecular complexity index is 1330. The van der Waals surface area contributed by atoms with E-state index in [1.54, 1.807) is 0 Å². The summed E-state index contributed by atoms with van der Waals surface area (Å²) in [5, 5.41) is 0. The molecular formula is C33H38F6O4. The minimum atomic E-state index is -5.79. The maximum Gasteiger partial charge on any atom is 0.430 e. The Labute approximate surface area is 248 Å². The lowest BCUT2D eigenvalue weighted by molar-refractivity contribution is -0.400. The zero-order valence-electron chi connectivity index (χ0n) is 25.2. The van der Waals surface area contributed by atoms with Gasteiger partial charge in [-0.3, -0.25) is 0 Å². The second-order valence-corrected chi connectivity index (χ2v) is 10.5. The zero-order chi connectivity index (χ0) is 32.1. The van der Waals surface area contributed by atoms with E-state index < -0.39 is 35.7 Å². The molecule has 0 saturated heterocycles. The third-order valence-electron chi connectivity index (χ3n) is 8.19. The van der Waals surface area contributed by atoms with E-state index in [1.807, 2.05) is 63.2 Å².